The van der Waals surface area contributed by atoms with Gasteiger partial charge in [-0.1, -0.05) is 6.07 Å². The van der Waals surface area contributed by atoms with Gasteiger partial charge in [-0.25, -0.2) is 4.39 Å². The Morgan fingerprint density at radius 2 is 2.00 bits per heavy atom. The number of pyridine rings is 1. The zero-order chi connectivity index (χ0) is 18.9. The van der Waals surface area contributed by atoms with E-state index < -0.39 is 17.6 Å². The maximum atomic E-state index is 13.8. The van der Waals surface area contributed by atoms with Crippen LogP contribution in [0.25, 0.3) is 11.3 Å². The summed E-state index contributed by atoms with van der Waals surface area (Å²) >= 11 is 0. The fourth-order valence-electron chi connectivity index (χ4n) is 2.88. The Kier molecular flexibility index (Phi) is 4.84. The second-order valence-electron chi connectivity index (χ2n) is 6.30. The first-order chi connectivity index (χ1) is 12.2. The molecule has 1 aliphatic rings. The summed E-state index contributed by atoms with van der Waals surface area (Å²) in [5, 5.41) is 2.77. The van der Waals surface area contributed by atoms with Crippen LogP contribution in [-0.2, 0) is 11.0 Å². The predicted octanol–water partition coefficient (Wildman–Crippen LogP) is 3.48. The summed E-state index contributed by atoms with van der Waals surface area (Å²) in [5.74, 6) is -1.04. The van der Waals surface area contributed by atoms with E-state index in [4.69, 9.17) is 0 Å². The Morgan fingerprint density at radius 1 is 1.27 bits per heavy atom. The van der Waals surface area contributed by atoms with Gasteiger partial charge in [-0.2, -0.15) is 13.2 Å². The second kappa shape index (κ2) is 6.93. The first-order valence-electron chi connectivity index (χ1n) is 8.06. The topological polar surface area (TPSA) is 45.2 Å². The number of aromatic nitrogens is 1. The van der Waals surface area contributed by atoms with Gasteiger partial charge in [-0.15, -0.1) is 0 Å². The maximum absolute atomic E-state index is 13.8. The third kappa shape index (κ3) is 3.95. The highest BCUT2D eigenvalue weighted by Crippen LogP contribution is 2.34. The van der Waals surface area contributed by atoms with Crippen molar-refractivity contribution in [3.05, 3.63) is 47.9 Å². The van der Waals surface area contributed by atoms with Crippen molar-refractivity contribution in [2.75, 3.05) is 24.5 Å². The largest absolute Gasteiger partial charge is 0.419 e. The lowest BCUT2D eigenvalue weighted by Crippen LogP contribution is -2.51. The average Bonchev–Trinajstić information content (AvgIpc) is 2.52. The Bertz CT molecular complexity index is 816. The number of amides is 1. The predicted molar refractivity (Wildman–Crippen MR) is 89.0 cm³/mol. The Morgan fingerprint density at radius 3 is 2.62 bits per heavy atom. The fourth-order valence-corrected chi connectivity index (χ4v) is 2.88. The van der Waals surface area contributed by atoms with Crippen molar-refractivity contribution in [3.63, 3.8) is 0 Å². The molecule has 1 aliphatic heterocycles. The number of hydrogen-bond donors (Lipinski definition) is 1. The van der Waals surface area contributed by atoms with Crippen LogP contribution in [0.3, 0.4) is 0 Å². The van der Waals surface area contributed by atoms with Gasteiger partial charge in [-0.05, 0) is 24.3 Å². The maximum Gasteiger partial charge on any atom is 0.419 e. The van der Waals surface area contributed by atoms with Gasteiger partial charge < -0.3 is 10.2 Å². The van der Waals surface area contributed by atoms with Gasteiger partial charge in [0, 0.05) is 49.9 Å². The van der Waals surface area contributed by atoms with E-state index in [9.17, 15) is 22.4 Å². The summed E-state index contributed by atoms with van der Waals surface area (Å²) in [6.45, 7) is 3.58. The molecule has 1 aromatic carbocycles. The molecule has 2 heterocycles. The van der Waals surface area contributed by atoms with Gasteiger partial charge in [0.15, 0.2) is 0 Å². The van der Waals surface area contributed by atoms with E-state index in [0.29, 0.717) is 18.2 Å². The van der Waals surface area contributed by atoms with E-state index in [1.54, 1.807) is 18.3 Å². The third-order valence-electron chi connectivity index (χ3n) is 4.28. The van der Waals surface area contributed by atoms with Crippen LogP contribution in [0.5, 0.6) is 0 Å². The summed E-state index contributed by atoms with van der Waals surface area (Å²) in [5.41, 5.74) is 0.253. The molecule has 0 bridgehead atoms. The Hall–Kier alpha value is -2.64. The lowest BCUT2D eigenvalue weighted by Gasteiger charge is -2.41. The fraction of sp³-hybridized carbons (Fsp3) is 0.333. The van der Waals surface area contributed by atoms with E-state index in [0.717, 1.165) is 30.9 Å². The molecule has 138 valence electrons. The molecular formula is C18H17F4N3O. The SMILES string of the molecule is CC(=O)NCC1CN(c2ccnc(-c3ccc(C(F)(F)F)c(F)c3)c2)C1. The summed E-state index contributed by atoms with van der Waals surface area (Å²) in [6.07, 6.45) is -3.18. The zero-order valence-electron chi connectivity index (χ0n) is 14.0. The summed E-state index contributed by atoms with van der Waals surface area (Å²) in [4.78, 5) is 17.1. The third-order valence-corrected chi connectivity index (χ3v) is 4.28. The standard InChI is InChI=1S/C18H17F4N3O/c1-11(26)24-8-12-9-25(10-12)14-4-5-23-17(7-14)13-2-3-15(16(19)6-13)18(20,21)22/h2-7,12H,8-10H2,1H3,(H,24,26). The molecule has 4 nitrogen and oxygen atoms in total. The van der Waals surface area contributed by atoms with E-state index >= 15 is 0 Å². The van der Waals surface area contributed by atoms with Crippen molar-refractivity contribution >= 4 is 11.6 Å². The number of hydrogen-bond acceptors (Lipinski definition) is 3. The molecule has 1 saturated heterocycles. The van der Waals surface area contributed by atoms with Crippen molar-refractivity contribution < 1.29 is 22.4 Å². The van der Waals surface area contributed by atoms with Gasteiger partial charge in [-0.3, -0.25) is 9.78 Å². The number of carbonyl (C=O) groups is 1. The van der Waals surface area contributed by atoms with Crippen LogP contribution in [0.2, 0.25) is 0 Å². The van der Waals surface area contributed by atoms with E-state index in [2.05, 4.69) is 15.2 Å². The quantitative estimate of drug-likeness (QED) is 0.842. The molecule has 26 heavy (non-hydrogen) atoms. The molecule has 0 atom stereocenters. The minimum atomic E-state index is -4.72. The summed E-state index contributed by atoms with van der Waals surface area (Å²) in [6, 6.07) is 6.31. The Labute approximate surface area is 147 Å². The average molecular weight is 367 g/mol. The number of anilines is 1. The minimum absolute atomic E-state index is 0.0704. The number of benzene rings is 1. The molecule has 0 unspecified atom stereocenters. The molecule has 1 aromatic heterocycles. The number of nitrogens with one attached hydrogen (secondary N) is 1. The minimum Gasteiger partial charge on any atom is -0.371 e. The lowest BCUT2D eigenvalue weighted by molar-refractivity contribution is -0.140. The highest BCUT2D eigenvalue weighted by atomic mass is 19.4. The van der Waals surface area contributed by atoms with Gasteiger partial charge in [0.25, 0.3) is 0 Å². The van der Waals surface area contributed by atoms with Crippen LogP contribution in [0.15, 0.2) is 36.5 Å². The number of carbonyl (C=O) groups excluding carboxylic acids is 1. The molecule has 8 heteroatoms. The molecule has 0 spiro atoms. The van der Waals surface area contributed by atoms with Crippen molar-refractivity contribution in [1.29, 1.82) is 0 Å². The van der Waals surface area contributed by atoms with Crippen molar-refractivity contribution in [3.8, 4) is 11.3 Å². The molecule has 1 amide bonds. The monoisotopic (exact) mass is 367 g/mol. The van der Waals surface area contributed by atoms with E-state index in [1.807, 2.05) is 0 Å². The van der Waals surface area contributed by atoms with Crippen LogP contribution >= 0.6 is 0 Å². The smallest absolute Gasteiger partial charge is 0.371 e. The molecule has 0 radical (unpaired) electrons. The van der Waals surface area contributed by atoms with Gasteiger partial charge in [0.05, 0.1) is 11.3 Å². The van der Waals surface area contributed by atoms with E-state index in [-0.39, 0.29) is 11.5 Å². The lowest BCUT2D eigenvalue weighted by atomic mass is 9.98. The number of alkyl halides is 3. The normalized spacial score (nSPS) is 14.9. The van der Waals surface area contributed by atoms with Crippen LogP contribution in [-0.4, -0.2) is 30.5 Å². The van der Waals surface area contributed by atoms with Gasteiger partial charge in [0.1, 0.15) is 5.82 Å². The van der Waals surface area contributed by atoms with E-state index in [1.165, 1.54) is 13.0 Å². The highest BCUT2D eigenvalue weighted by Gasteiger charge is 2.34. The van der Waals surface area contributed by atoms with Crippen molar-refractivity contribution in [2.45, 2.75) is 13.1 Å². The van der Waals surface area contributed by atoms with Crippen molar-refractivity contribution in [2.24, 2.45) is 5.92 Å². The molecule has 3 rings (SSSR count). The van der Waals surface area contributed by atoms with Crippen LogP contribution in [0.4, 0.5) is 23.2 Å². The molecular weight excluding hydrogens is 350 g/mol. The number of nitrogens with zero attached hydrogens (tertiary/aromatic N) is 2. The van der Waals surface area contributed by atoms with Gasteiger partial charge in [0.2, 0.25) is 5.91 Å². The molecule has 2 aromatic rings. The van der Waals surface area contributed by atoms with Crippen molar-refractivity contribution in [1.82, 2.24) is 10.3 Å². The summed E-state index contributed by atoms with van der Waals surface area (Å²) < 4.78 is 51.8. The second-order valence-corrected chi connectivity index (χ2v) is 6.30. The zero-order valence-corrected chi connectivity index (χ0v) is 14.0. The Balaban J connectivity index is 1.73. The molecule has 1 N–H and O–H groups in total. The van der Waals surface area contributed by atoms with Crippen LogP contribution < -0.4 is 10.2 Å². The first-order valence-corrected chi connectivity index (χ1v) is 8.06. The van der Waals surface area contributed by atoms with Crippen LogP contribution in [0.1, 0.15) is 12.5 Å². The molecule has 1 fully saturated rings. The first kappa shape index (κ1) is 18.2. The number of halogens is 4. The highest BCUT2D eigenvalue weighted by molar-refractivity contribution is 5.72. The summed E-state index contributed by atoms with van der Waals surface area (Å²) in [7, 11) is 0. The van der Waals surface area contributed by atoms with Crippen LogP contribution in [0, 0.1) is 11.7 Å². The number of rotatable bonds is 4. The molecule has 0 aliphatic carbocycles. The van der Waals surface area contributed by atoms with Gasteiger partial charge >= 0.3 is 6.18 Å². The molecule has 0 saturated carbocycles.